The van der Waals surface area contributed by atoms with Gasteiger partial charge in [-0.1, -0.05) is 6.07 Å². The molecule has 13 heavy (non-hydrogen) atoms. The molecule has 0 saturated heterocycles. The third-order valence-electron chi connectivity index (χ3n) is 1.61. The van der Waals surface area contributed by atoms with Gasteiger partial charge in [-0.05, 0) is 33.4 Å². The first kappa shape index (κ1) is 8.84. The van der Waals surface area contributed by atoms with Gasteiger partial charge in [0.05, 0.1) is 11.9 Å². The van der Waals surface area contributed by atoms with Crippen LogP contribution in [-0.4, -0.2) is 10.2 Å². The maximum Gasteiger partial charge on any atom is 0.0694 e. The highest BCUT2D eigenvalue weighted by molar-refractivity contribution is 9.10. The molecule has 66 valence electrons. The van der Waals surface area contributed by atoms with Crippen molar-refractivity contribution in [3.05, 3.63) is 44.8 Å². The van der Waals surface area contributed by atoms with E-state index in [2.05, 4.69) is 37.6 Å². The fraction of sp³-hybridized carbons (Fsp3) is 0.111. The molecular weight excluding hydrogens is 248 g/mol. The van der Waals surface area contributed by atoms with Gasteiger partial charge in [0.25, 0.3) is 0 Å². The van der Waals surface area contributed by atoms with E-state index in [1.807, 2.05) is 12.1 Å². The molecule has 0 aromatic carbocycles. The molecule has 0 aliphatic carbocycles. The summed E-state index contributed by atoms with van der Waals surface area (Å²) in [5.74, 6) is 0. The maximum absolute atomic E-state index is 4.04. The Morgan fingerprint density at radius 3 is 3.08 bits per heavy atom. The Bertz CT molecular complexity index is 386. The molecule has 2 aromatic rings. The summed E-state index contributed by atoms with van der Waals surface area (Å²) in [6.45, 7) is 0. The Hall–Kier alpha value is -0.740. The van der Waals surface area contributed by atoms with E-state index in [9.17, 15) is 0 Å². The Morgan fingerprint density at radius 1 is 1.46 bits per heavy atom. The highest BCUT2D eigenvalue weighted by Crippen LogP contribution is 2.15. The van der Waals surface area contributed by atoms with E-state index < -0.39 is 0 Å². The minimum absolute atomic E-state index is 0.865. The monoisotopic (exact) mass is 254 g/mol. The molecule has 0 spiro atoms. The van der Waals surface area contributed by atoms with E-state index in [1.165, 1.54) is 4.88 Å². The van der Waals surface area contributed by atoms with Gasteiger partial charge >= 0.3 is 0 Å². The van der Waals surface area contributed by atoms with Crippen molar-refractivity contribution >= 4 is 27.3 Å². The fourth-order valence-electron chi connectivity index (χ4n) is 1.06. The third-order valence-corrected chi connectivity index (χ3v) is 2.92. The molecular formula is C9H7BrN2S. The van der Waals surface area contributed by atoms with Crippen LogP contribution in [0.2, 0.25) is 0 Å². The highest BCUT2D eigenvalue weighted by Gasteiger charge is 1.99. The SMILES string of the molecule is Brc1cnnc(Cc2cccs2)c1. The van der Waals surface area contributed by atoms with E-state index in [0.29, 0.717) is 0 Å². The largest absolute Gasteiger partial charge is 0.158 e. The summed E-state index contributed by atoms with van der Waals surface area (Å²) in [4.78, 5) is 1.31. The number of halogens is 1. The lowest BCUT2D eigenvalue weighted by molar-refractivity contribution is 0.937. The molecule has 2 aromatic heterocycles. The van der Waals surface area contributed by atoms with Crippen molar-refractivity contribution < 1.29 is 0 Å². The van der Waals surface area contributed by atoms with Crippen LogP contribution >= 0.6 is 27.3 Å². The molecule has 2 nitrogen and oxygen atoms in total. The van der Waals surface area contributed by atoms with Crippen molar-refractivity contribution in [1.29, 1.82) is 0 Å². The predicted octanol–water partition coefficient (Wildman–Crippen LogP) is 2.89. The van der Waals surface area contributed by atoms with E-state index >= 15 is 0 Å². The van der Waals surface area contributed by atoms with Crippen molar-refractivity contribution in [3.63, 3.8) is 0 Å². The average molecular weight is 255 g/mol. The lowest BCUT2D eigenvalue weighted by atomic mass is 10.2. The van der Waals surface area contributed by atoms with Gasteiger partial charge in [0.15, 0.2) is 0 Å². The smallest absolute Gasteiger partial charge is 0.0694 e. The summed E-state index contributed by atoms with van der Waals surface area (Å²) in [6.07, 6.45) is 2.56. The van der Waals surface area contributed by atoms with Crippen molar-refractivity contribution in [3.8, 4) is 0 Å². The molecule has 0 bridgehead atoms. The molecule has 0 atom stereocenters. The zero-order valence-corrected chi connectivity index (χ0v) is 9.18. The van der Waals surface area contributed by atoms with Crippen LogP contribution in [0.1, 0.15) is 10.6 Å². The van der Waals surface area contributed by atoms with Gasteiger partial charge in [-0.2, -0.15) is 10.2 Å². The fourth-order valence-corrected chi connectivity index (χ4v) is 2.14. The van der Waals surface area contributed by atoms with Crippen LogP contribution in [0, 0.1) is 0 Å². The Morgan fingerprint density at radius 2 is 2.38 bits per heavy atom. The van der Waals surface area contributed by atoms with Crippen LogP contribution in [0.5, 0.6) is 0 Å². The van der Waals surface area contributed by atoms with Gasteiger partial charge in [0.1, 0.15) is 0 Å². The van der Waals surface area contributed by atoms with E-state index in [1.54, 1.807) is 17.5 Å². The number of nitrogens with zero attached hydrogens (tertiary/aromatic N) is 2. The molecule has 0 aliphatic heterocycles. The van der Waals surface area contributed by atoms with E-state index in [0.717, 1.165) is 16.6 Å². The van der Waals surface area contributed by atoms with E-state index in [-0.39, 0.29) is 0 Å². The molecule has 0 radical (unpaired) electrons. The summed E-state index contributed by atoms with van der Waals surface area (Å²) in [5, 5.41) is 9.98. The Labute approximate surface area is 88.8 Å². The van der Waals surface area contributed by atoms with Crippen molar-refractivity contribution in [2.24, 2.45) is 0 Å². The second-order valence-electron chi connectivity index (χ2n) is 2.62. The van der Waals surface area contributed by atoms with Gasteiger partial charge in [-0.25, -0.2) is 0 Å². The first-order chi connectivity index (χ1) is 6.34. The summed E-state index contributed by atoms with van der Waals surface area (Å²) in [6, 6.07) is 6.14. The Kier molecular flexibility index (Phi) is 2.71. The number of rotatable bonds is 2. The van der Waals surface area contributed by atoms with Gasteiger partial charge in [-0.15, -0.1) is 11.3 Å². The summed E-state index contributed by atoms with van der Waals surface area (Å²) >= 11 is 5.11. The zero-order valence-electron chi connectivity index (χ0n) is 6.77. The van der Waals surface area contributed by atoms with E-state index in [4.69, 9.17) is 0 Å². The molecule has 0 fully saturated rings. The molecule has 0 saturated carbocycles. The molecule has 2 rings (SSSR count). The van der Waals surface area contributed by atoms with Crippen LogP contribution < -0.4 is 0 Å². The Balaban J connectivity index is 2.19. The molecule has 0 unspecified atom stereocenters. The number of aromatic nitrogens is 2. The first-order valence-corrected chi connectivity index (χ1v) is 5.51. The average Bonchev–Trinajstić information content (AvgIpc) is 2.57. The number of thiophene rings is 1. The van der Waals surface area contributed by atoms with Crippen molar-refractivity contribution in [2.45, 2.75) is 6.42 Å². The van der Waals surface area contributed by atoms with Crippen LogP contribution in [0.4, 0.5) is 0 Å². The van der Waals surface area contributed by atoms with Crippen LogP contribution in [0.25, 0.3) is 0 Å². The van der Waals surface area contributed by atoms with Crippen LogP contribution in [-0.2, 0) is 6.42 Å². The normalized spacial score (nSPS) is 10.2. The third kappa shape index (κ3) is 2.35. The van der Waals surface area contributed by atoms with Crippen molar-refractivity contribution in [1.82, 2.24) is 10.2 Å². The topological polar surface area (TPSA) is 25.8 Å². The second kappa shape index (κ2) is 3.98. The van der Waals surface area contributed by atoms with Crippen LogP contribution in [0.15, 0.2) is 34.2 Å². The molecule has 0 N–H and O–H groups in total. The lowest BCUT2D eigenvalue weighted by Crippen LogP contribution is -1.91. The van der Waals surface area contributed by atoms with Crippen molar-refractivity contribution in [2.75, 3.05) is 0 Å². The van der Waals surface area contributed by atoms with Gasteiger partial charge in [0.2, 0.25) is 0 Å². The first-order valence-electron chi connectivity index (χ1n) is 3.84. The molecule has 0 aliphatic rings. The summed E-state index contributed by atoms with van der Waals surface area (Å²) < 4.78 is 0.981. The number of hydrogen-bond acceptors (Lipinski definition) is 3. The maximum atomic E-state index is 4.04. The van der Waals surface area contributed by atoms with Gasteiger partial charge < -0.3 is 0 Å². The quantitative estimate of drug-likeness (QED) is 0.824. The van der Waals surface area contributed by atoms with Gasteiger partial charge in [-0.3, -0.25) is 0 Å². The highest BCUT2D eigenvalue weighted by atomic mass is 79.9. The number of hydrogen-bond donors (Lipinski definition) is 0. The minimum atomic E-state index is 0.865. The second-order valence-corrected chi connectivity index (χ2v) is 4.57. The van der Waals surface area contributed by atoms with Crippen LogP contribution in [0.3, 0.4) is 0 Å². The zero-order chi connectivity index (χ0) is 9.10. The summed E-state index contributed by atoms with van der Waals surface area (Å²) in [7, 11) is 0. The molecule has 0 amide bonds. The summed E-state index contributed by atoms with van der Waals surface area (Å²) in [5.41, 5.74) is 0.997. The van der Waals surface area contributed by atoms with Gasteiger partial charge in [0, 0.05) is 15.8 Å². The molecule has 4 heteroatoms. The minimum Gasteiger partial charge on any atom is -0.158 e. The standard InChI is InChI=1S/C9H7BrN2S/c10-7-4-8(12-11-6-7)5-9-2-1-3-13-9/h1-4,6H,5H2. The lowest BCUT2D eigenvalue weighted by Gasteiger charge is -1.96. The molecule has 2 heterocycles. The predicted molar refractivity (Wildman–Crippen MR) is 56.9 cm³/mol.